The van der Waals surface area contributed by atoms with Crippen molar-refractivity contribution in [2.75, 3.05) is 19.6 Å². The maximum Gasteiger partial charge on any atom is 1.00 e. The van der Waals surface area contributed by atoms with E-state index in [9.17, 15) is 19.1 Å². The Morgan fingerprint density at radius 1 is 1.18 bits per heavy atom. The Kier molecular flexibility index (Phi) is 8.30. The molecule has 0 radical (unpaired) electrons. The second-order valence-corrected chi connectivity index (χ2v) is 9.88. The number of carboxylic acid groups (broad SMARTS) is 1. The standard InChI is InChI=1S/C24H27ClFN3O4.Na/c1-24(2,3)33-23(32)29-9-8-28(13-19(29)22(30)31)21-18-7-6-16(25)10-14(18)4-5-15-11-17(26)12-27-20(15)21;/h6-7,10-12,19,21H,4-5,8-9,13H2,1-3H3,(H,30,31);/q;+1/p-1/t19-,21?;/m1./s1. The van der Waals surface area contributed by atoms with Crippen LogP contribution in [0.4, 0.5) is 9.18 Å². The fourth-order valence-electron chi connectivity index (χ4n) is 4.56. The Morgan fingerprint density at radius 3 is 2.56 bits per heavy atom. The van der Waals surface area contributed by atoms with Crippen molar-refractivity contribution in [1.29, 1.82) is 0 Å². The van der Waals surface area contributed by atoms with Gasteiger partial charge in [-0.25, -0.2) is 9.18 Å². The number of nitrogens with zero attached hydrogens (tertiary/aromatic N) is 3. The van der Waals surface area contributed by atoms with Crippen molar-refractivity contribution < 1.29 is 53.4 Å². The van der Waals surface area contributed by atoms with Crippen LogP contribution in [0.5, 0.6) is 0 Å². The number of benzene rings is 1. The fraction of sp³-hybridized carbons (Fsp3) is 0.458. The summed E-state index contributed by atoms with van der Waals surface area (Å²) in [6.07, 6.45) is 1.74. The molecular formula is C24H26ClFN3NaO4. The first-order valence-corrected chi connectivity index (χ1v) is 11.3. The number of rotatable bonds is 2. The van der Waals surface area contributed by atoms with Gasteiger partial charge < -0.3 is 14.6 Å². The Bertz CT molecular complexity index is 1040. The number of aromatic nitrogens is 1. The van der Waals surface area contributed by atoms with E-state index in [1.165, 1.54) is 17.2 Å². The quantitative estimate of drug-likeness (QED) is 0.531. The summed E-state index contributed by atoms with van der Waals surface area (Å²) in [5.41, 5.74) is 2.65. The predicted octanol–water partition coefficient (Wildman–Crippen LogP) is -0.263. The molecule has 2 aromatic rings. The molecule has 0 saturated carbocycles. The number of amides is 1. The summed E-state index contributed by atoms with van der Waals surface area (Å²) in [6.45, 7) is 5.73. The van der Waals surface area contributed by atoms with Gasteiger partial charge in [-0.05, 0) is 68.5 Å². The number of ether oxygens (including phenoxy) is 1. The van der Waals surface area contributed by atoms with Crippen molar-refractivity contribution in [2.45, 2.75) is 51.3 Å². The minimum absolute atomic E-state index is 0. The number of hydrogen-bond donors (Lipinski definition) is 0. The van der Waals surface area contributed by atoms with Crippen molar-refractivity contribution in [3.63, 3.8) is 0 Å². The van der Waals surface area contributed by atoms with Crippen molar-refractivity contribution in [3.8, 4) is 0 Å². The Balaban J connectivity index is 0.00000324. The molecule has 1 aliphatic carbocycles. The molecule has 1 aliphatic heterocycles. The maximum absolute atomic E-state index is 14.0. The number of carbonyl (C=O) groups excluding carboxylic acids is 2. The normalized spacial score (nSPS) is 20.4. The molecule has 176 valence electrons. The van der Waals surface area contributed by atoms with Gasteiger partial charge >= 0.3 is 35.7 Å². The van der Waals surface area contributed by atoms with Crippen LogP contribution in [0.25, 0.3) is 0 Å². The molecule has 10 heteroatoms. The average molecular weight is 498 g/mol. The molecule has 2 heterocycles. The molecule has 1 amide bonds. The average Bonchev–Trinajstić information content (AvgIpc) is 2.88. The minimum Gasteiger partial charge on any atom is -0.548 e. The van der Waals surface area contributed by atoms with E-state index in [4.69, 9.17) is 16.3 Å². The van der Waals surface area contributed by atoms with Crippen LogP contribution in [0.15, 0.2) is 30.5 Å². The molecular weight excluding hydrogens is 472 g/mol. The third-order valence-corrected chi connectivity index (χ3v) is 6.20. The smallest absolute Gasteiger partial charge is 0.548 e. The second kappa shape index (κ2) is 10.5. The van der Waals surface area contributed by atoms with Gasteiger partial charge in [-0.1, -0.05) is 17.7 Å². The number of piperazine rings is 1. The topological polar surface area (TPSA) is 85.8 Å². The molecule has 4 rings (SSSR count). The van der Waals surface area contributed by atoms with Gasteiger partial charge in [0.2, 0.25) is 0 Å². The molecule has 0 spiro atoms. The van der Waals surface area contributed by atoms with Crippen molar-refractivity contribution >= 4 is 23.7 Å². The molecule has 1 saturated heterocycles. The zero-order valence-electron chi connectivity index (χ0n) is 19.8. The molecule has 2 aliphatic rings. The van der Waals surface area contributed by atoms with E-state index in [-0.39, 0.29) is 42.6 Å². The molecule has 2 atom stereocenters. The first kappa shape index (κ1) is 26.9. The number of hydrogen-bond acceptors (Lipinski definition) is 6. The van der Waals surface area contributed by atoms with Crippen LogP contribution in [0, 0.1) is 5.82 Å². The fourth-order valence-corrected chi connectivity index (χ4v) is 4.76. The predicted molar refractivity (Wildman–Crippen MR) is 118 cm³/mol. The maximum atomic E-state index is 14.0. The summed E-state index contributed by atoms with van der Waals surface area (Å²) in [4.78, 5) is 32.3. The van der Waals surface area contributed by atoms with Crippen molar-refractivity contribution in [1.82, 2.24) is 14.8 Å². The molecule has 0 N–H and O–H groups in total. The monoisotopic (exact) mass is 497 g/mol. The Hall–Kier alpha value is -1.71. The van der Waals surface area contributed by atoms with Crippen LogP contribution in [-0.4, -0.2) is 58.1 Å². The van der Waals surface area contributed by atoms with Gasteiger partial charge in [0, 0.05) is 24.7 Å². The molecule has 34 heavy (non-hydrogen) atoms. The molecule has 7 nitrogen and oxygen atoms in total. The molecule has 1 aromatic heterocycles. The van der Waals surface area contributed by atoms with Gasteiger partial charge in [-0.2, -0.15) is 0 Å². The molecule has 1 fully saturated rings. The zero-order valence-corrected chi connectivity index (χ0v) is 22.6. The summed E-state index contributed by atoms with van der Waals surface area (Å²) in [5, 5.41) is 12.6. The number of carbonyl (C=O) groups is 2. The number of carboxylic acids is 1. The number of pyridine rings is 1. The van der Waals surface area contributed by atoms with E-state index >= 15 is 0 Å². The SMILES string of the molecule is CC(C)(C)OC(=O)N1CCN(C2c3ccc(Cl)cc3CCc3cc(F)cnc32)C[C@@H]1C(=O)[O-].[Na+]. The van der Waals surface area contributed by atoms with E-state index < -0.39 is 35.6 Å². The second-order valence-electron chi connectivity index (χ2n) is 9.45. The summed E-state index contributed by atoms with van der Waals surface area (Å²) >= 11 is 6.24. The summed E-state index contributed by atoms with van der Waals surface area (Å²) in [5.74, 6) is -1.78. The largest absolute Gasteiger partial charge is 1.00 e. The Morgan fingerprint density at radius 2 is 1.88 bits per heavy atom. The summed E-state index contributed by atoms with van der Waals surface area (Å²) in [7, 11) is 0. The van der Waals surface area contributed by atoms with Crippen molar-refractivity contribution in [3.05, 3.63) is 63.7 Å². The Labute approximate surface area is 225 Å². The van der Waals surface area contributed by atoms with Gasteiger partial charge in [0.15, 0.2) is 0 Å². The summed E-state index contributed by atoms with van der Waals surface area (Å²) in [6, 6.07) is 5.47. The van der Waals surface area contributed by atoms with Gasteiger partial charge in [0.1, 0.15) is 11.4 Å². The first-order valence-electron chi connectivity index (χ1n) is 10.9. The van der Waals surface area contributed by atoms with Crippen LogP contribution >= 0.6 is 11.6 Å². The van der Waals surface area contributed by atoms with E-state index in [1.807, 2.05) is 17.0 Å². The van der Waals surface area contributed by atoms with Crippen LogP contribution in [-0.2, 0) is 22.4 Å². The van der Waals surface area contributed by atoms with E-state index in [0.717, 1.165) is 16.7 Å². The number of aryl methyl sites for hydroxylation is 2. The number of aliphatic carboxylic acids is 1. The van der Waals surface area contributed by atoms with Gasteiger partial charge in [0.05, 0.1) is 29.9 Å². The third kappa shape index (κ3) is 5.74. The van der Waals surface area contributed by atoms with Crippen molar-refractivity contribution in [2.24, 2.45) is 0 Å². The van der Waals surface area contributed by atoms with E-state index in [2.05, 4.69) is 4.98 Å². The zero-order chi connectivity index (χ0) is 23.9. The van der Waals surface area contributed by atoms with Crippen LogP contribution in [0.3, 0.4) is 0 Å². The van der Waals surface area contributed by atoms with Crippen LogP contribution < -0.4 is 34.7 Å². The van der Waals surface area contributed by atoms with Gasteiger partial charge in [-0.15, -0.1) is 0 Å². The van der Waals surface area contributed by atoms with E-state index in [1.54, 1.807) is 26.8 Å². The minimum atomic E-state index is -1.36. The van der Waals surface area contributed by atoms with Crippen LogP contribution in [0.1, 0.15) is 49.2 Å². The van der Waals surface area contributed by atoms with Crippen LogP contribution in [0.2, 0.25) is 5.02 Å². The molecule has 0 bridgehead atoms. The molecule has 1 aromatic carbocycles. The van der Waals surface area contributed by atoms with Gasteiger partial charge in [0.25, 0.3) is 0 Å². The first-order chi connectivity index (χ1) is 15.5. The number of fused-ring (bicyclic) bond motifs is 2. The summed E-state index contributed by atoms with van der Waals surface area (Å²) < 4.78 is 19.4. The third-order valence-electron chi connectivity index (χ3n) is 5.97. The van der Waals surface area contributed by atoms with E-state index in [0.29, 0.717) is 30.1 Å². The number of halogens is 2. The molecule has 1 unspecified atom stereocenters. The van der Waals surface area contributed by atoms with Gasteiger partial charge in [-0.3, -0.25) is 14.8 Å².